The maximum atomic E-state index is 12.6. The summed E-state index contributed by atoms with van der Waals surface area (Å²) in [4.78, 5) is 14.9. The van der Waals surface area contributed by atoms with Gasteiger partial charge in [-0.3, -0.25) is 4.79 Å². The second-order valence-electron chi connectivity index (χ2n) is 7.73. The van der Waals surface area contributed by atoms with Gasteiger partial charge >= 0.3 is 0 Å². The largest absolute Gasteiger partial charge is 0.505 e. The fourth-order valence-electron chi connectivity index (χ4n) is 3.69. The third kappa shape index (κ3) is 4.41. The number of halogens is 1. The average Bonchev–Trinajstić information content (AvgIpc) is 2.76. The minimum Gasteiger partial charge on any atom is -0.505 e. The van der Waals surface area contributed by atoms with E-state index in [-0.39, 0.29) is 17.6 Å². The zero-order valence-electron chi connectivity index (χ0n) is 18.0. The summed E-state index contributed by atoms with van der Waals surface area (Å²) in [6.07, 6.45) is 3.86. The van der Waals surface area contributed by atoms with Crippen LogP contribution >= 0.6 is 11.6 Å². The van der Waals surface area contributed by atoms with E-state index in [1.165, 1.54) is 0 Å². The Hall–Kier alpha value is -2.66. The molecule has 3 rings (SSSR count). The molecule has 1 amide bonds. The van der Waals surface area contributed by atoms with Crippen LogP contribution in [-0.4, -0.2) is 30.6 Å². The van der Waals surface area contributed by atoms with Crippen molar-refractivity contribution in [2.24, 2.45) is 5.92 Å². The lowest BCUT2D eigenvalue weighted by atomic mass is 9.93. The fraction of sp³-hybridized carbons (Fsp3) is 0.375. The van der Waals surface area contributed by atoms with Gasteiger partial charge in [-0.25, -0.2) is 0 Å². The lowest BCUT2D eigenvalue weighted by Crippen LogP contribution is -2.32. The number of carbonyl (C=O) groups is 1. The molecule has 0 radical (unpaired) electrons. The van der Waals surface area contributed by atoms with Gasteiger partial charge in [-0.1, -0.05) is 49.7 Å². The summed E-state index contributed by atoms with van der Waals surface area (Å²) in [5.74, 6) is -0.159. The van der Waals surface area contributed by atoms with Crippen molar-refractivity contribution in [1.82, 2.24) is 5.32 Å². The summed E-state index contributed by atoms with van der Waals surface area (Å²) in [7, 11) is 0. The maximum absolute atomic E-state index is 12.6. The van der Waals surface area contributed by atoms with Crippen LogP contribution < -0.4 is 15.5 Å². The highest BCUT2D eigenvalue weighted by Gasteiger charge is 2.26. The molecule has 160 valence electrons. The van der Waals surface area contributed by atoms with Crippen LogP contribution in [-0.2, 0) is 4.79 Å². The van der Waals surface area contributed by atoms with Gasteiger partial charge < -0.3 is 20.6 Å². The number of fused-ring (bicyclic) bond motifs is 1. The molecule has 0 bridgehead atoms. The topological polar surface area (TPSA) is 64.6 Å². The average molecular weight is 428 g/mol. The van der Waals surface area contributed by atoms with Crippen LogP contribution in [0.4, 0.5) is 11.4 Å². The number of hydrogen-bond donors (Lipinski definition) is 3. The minimum absolute atomic E-state index is 0.0890. The Morgan fingerprint density at radius 1 is 1.23 bits per heavy atom. The maximum Gasteiger partial charge on any atom is 0.223 e. The first-order valence-electron chi connectivity index (χ1n) is 10.5. The molecule has 2 aromatic carbocycles. The molecule has 5 nitrogen and oxygen atoms in total. The Labute approximate surface area is 183 Å². The SMILES string of the molecule is CCN(CC)c1ccc(C(NC(=O)C(C)C)c2cc(Cl)c3c(c2O)NCC=C3)cc1. The molecule has 3 N–H and O–H groups in total. The van der Waals surface area contributed by atoms with E-state index in [1.54, 1.807) is 6.07 Å². The predicted molar refractivity (Wildman–Crippen MR) is 125 cm³/mol. The summed E-state index contributed by atoms with van der Waals surface area (Å²) in [6.45, 7) is 10.4. The smallest absolute Gasteiger partial charge is 0.223 e. The Morgan fingerprint density at radius 2 is 1.90 bits per heavy atom. The number of nitrogens with zero attached hydrogens (tertiary/aromatic N) is 1. The minimum atomic E-state index is -0.513. The zero-order valence-corrected chi connectivity index (χ0v) is 18.8. The molecular formula is C24H30ClN3O2. The molecule has 0 spiro atoms. The molecule has 0 fully saturated rings. The number of carbonyl (C=O) groups excluding carboxylic acids is 1. The van der Waals surface area contributed by atoms with Crippen molar-refractivity contribution in [2.75, 3.05) is 29.9 Å². The number of aromatic hydroxyl groups is 1. The number of nitrogens with one attached hydrogen (secondary N) is 2. The molecule has 6 heteroatoms. The standard InChI is InChI=1S/C24H30ClN3O2/c1-5-28(6-2)17-11-9-16(10-12-17)21(27-24(30)15(3)4)19-14-20(25)18-8-7-13-26-22(18)23(19)29/h7-12,14-15,21,26,29H,5-6,13H2,1-4H3,(H,27,30). The van der Waals surface area contributed by atoms with Gasteiger partial charge in [-0.15, -0.1) is 0 Å². The van der Waals surface area contributed by atoms with Crippen molar-refractivity contribution in [3.05, 3.63) is 58.1 Å². The van der Waals surface area contributed by atoms with Crippen LogP contribution in [0.1, 0.15) is 50.4 Å². The van der Waals surface area contributed by atoms with E-state index >= 15 is 0 Å². The van der Waals surface area contributed by atoms with Gasteiger partial charge in [0.1, 0.15) is 5.75 Å². The number of hydrogen-bond acceptors (Lipinski definition) is 4. The molecule has 1 unspecified atom stereocenters. The lowest BCUT2D eigenvalue weighted by Gasteiger charge is -2.26. The van der Waals surface area contributed by atoms with E-state index in [4.69, 9.17) is 11.6 Å². The third-order valence-corrected chi connectivity index (χ3v) is 5.79. The highest BCUT2D eigenvalue weighted by Crippen LogP contribution is 2.43. The van der Waals surface area contributed by atoms with Crippen molar-refractivity contribution in [2.45, 2.75) is 33.7 Å². The molecule has 2 aromatic rings. The van der Waals surface area contributed by atoms with Gasteiger partial charge in [-0.2, -0.15) is 0 Å². The van der Waals surface area contributed by atoms with Gasteiger partial charge in [0.2, 0.25) is 5.91 Å². The van der Waals surface area contributed by atoms with Crippen LogP contribution in [0.2, 0.25) is 5.02 Å². The first kappa shape index (κ1) is 22.0. The molecule has 0 saturated heterocycles. The summed E-state index contributed by atoms with van der Waals surface area (Å²) in [6, 6.07) is 9.33. The van der Waals surface area contributed by atoms with E-state index in [2.05, 4.69) is 41.5 Å². The van der Waals surface area contributed by atoms with Crippen molar-refractivity contribution < 1.29 is 9.90 Å². The zero-order chi connectivity index (χ0) is 21.8. The van der Waals surface area contributed by atoms with Gasteiger partial charge in [-0.05, 0) is 37.6 Å². The summed E-state index contributed by atoms with van der Waals surface area (Å²) in [5, 5.41) is 17.9. The molecule has 1 heterocycles. The van der Waals surface area contributed by atoms with Crippen LogP contribution in [0, 0.1) is 5.92 Å². The van der Waals surface area contributed by atoms with Crippen LogP contribution in [0.25, 0.3) is 6.08 Å². The summed E-state index contributed by atoms with van der Waals surface area (Å²) < 4.78 is 0. The number of benzene rings is 2. The normalized spacial score (nSPS) is 13.5. The molecule has 0 aromatic heterocycles. The number of anilines is 2. The quantitative estimate of drug-likeness (QED) is 0.532. The van der Waals surface area contributed by atoms with Crippen molar-refractivity contribution in [3.63, 3.8) is 0 Å². The monoisotopic (exact) mass is 427 g/mol. The van der Waals surface area contributed by atoms with Crippen molar-refractivity contribution >= 4 is 35.0 Å². The van der Waals surface area contributed by atoms with Gasteiger partial charge in [0.15, 0.2) is 0 Å². The molecule has 1 aliphatic heterocycles. The first-order valence-corrected chi connectivity index (χ1v) is 10.9. The molecule has 1 atom stereocenters. The Balaban J connectivity index is 2.07. The van der Waals surface area contributed by atoms with E-state index in [0.29, 0.717) is 22.8 Å². The van der Waals surface area contributed by atoms with E-state index < -0.39 is 6.04 Å². The van der Waals surface area contributed by atoms with E-state index in [0.717, 1.165) is 29.9 Å². The second kappa shape index (κ2) is 9.43. The Bertz CT molecular complexity index is 934. The third-order valence-electron chi connectivity index (χ3n) is 5.48. The summed E-state index contributed by atoms with van der Waals surface area (Å²) >= 11 is 6.53. The Morgan fingerprint density at radius 3 is 2.50 bits per heavy atom. The van der Waals surface area contributed by atoms with Crippen LogP contribution in [0.3, 0.4) is 0 Å². The van der Waals surface area contributed by atoms with Crippen molar-refractivity contribution in [1.29, 1.82) is 0 Å². The van der Waals surface area contributed by atoms with Crippen LogP contribution in [0.5, 0.6) is 5.75 Å². The molecule has 0 saturated carbocycles. The van der Waals surface area contributed by atoms with Gasteiger partial charge in [0.05, 0.1) is 16.8 Å². The summed E-state index contributed by atoms with van der Waals surface area (Å²) in [5.41, 5.74) is 3.94. The number of phenols is 1. The lowest BCUT2D eigenvalue weighted by molar-refractivity contribution is -0.124. The van der Waals surface area contributed by atoms with E-state index in [1.807, 2.05) is 38.1 Å². The number of phenolic OH excluding ortho intramolecular Hbond substituents is 1. The molecule has 30 heavy (non-hydrogen) atoms. The van der Waals surface area contributed by atoms with Crippen molar-refractivity contribution in [3.8, 4) is 5.75 Å². The second-order valence-corrected chi connectivity index (χ2v) is 8.14. The first-order chi connectivity index (χ1) is 14.4. The van der Waals surface area contributed by atoms with Gasteiger partial charge in [0, 0.05) is 42.4 Å². The molecule has 1 aliphatic rings. The predicted octanol–water partition coefficient (Wildman–Crippen LogP) is 5.19. The molecule has 0 aliphatic carbocycles. The molecular weight excluding hydrogens is 398 g/mol. The highest BCUT2D eigenvalue weighted by atomic mass is 35.5. The van der Waals surface area contributed by atoms with E-state index in [9.17, 15) is 9.90 Å². The number of rotatable bonds is 7. The Kier molecular flexibility index (Phi) is 6.93. The van der Waals surface area contributed by atoms with Gasteiger partial charge in [0.25, 0.3) is 0 Å². The number of amides is 1. The van der Waals surface area contributed by atoms with Crippen LogP contribution in [0.15, 0.2) is 36.4 Å². The highest BCUT2D eigenvalue weighted by molar-refractivity contribution is 6.33. The fourth-order valence-corrected chi connectivity index (χ4v) is 3.96.